The van der Waals surface area contributed by atoms with E-state index < -0.39 is 0 Å². The number of carbonyl (C=O) groups excluding carboxylic acids is 1. The fraction of sp³-hybridized carbons (Fsp3) is 0.267. The topological polar surface area (TPSA) is 38.8 Å². The third-order valence-corrected chi connectivity index (χ3v) is 4.84. The Bertz CT molecular complexity index is 671. The summed E-state index contributed by atoms with van der Waals surface area (Å²) in [6.07, 6.45) is 0. The highest BCUT2D eigenvalue weighted by Crippen LogP contribution is 2.32. The second kappa shape index (κ2) is 6.17. The molecule has 21 heavy (non-hydrogen) atoms. The van der Waals surface area contributed by atoms with Crippen LogP contribution in [0, 0.1) is 0 Å². The van der Waals surface area contributed by atoms with Crippen molar-refractivity contribution in [3.05, 3.63) is 44.6 Å². The van der Waals surface area contributed by atoms with Gasteiger partial charge in [0.2, 0.25) is 6.79 Å². The van der Waals surface area contributed by atoms with Gasteiger partial charge in [-0.15, -0.1) is 11.3 Å². The molecule has 0 bridgehead atoms. The molecular weight excluding hydrogens is 354 g/mol. The van der Waals surface area contributed by atoms with Gasteiger partial charge >= 0.3 is 0 Å². The standard InChI is InChI=1S/C15H14BrNO3S/c1-17(6-12-5-11(16)8-21-12)7-13(18)10-2-3-14-15(4-10)20-9-19-14/h2-5,8H,6-7,9H2,1H3. The fourth-order valence-corrected chi connectivity index (χ4v) is 3.70. The SMILES string of the molecule is CN(CC(=O)c1ccc2c(c1)OCO2)Cc1cc(Br)cs1. The van der Waals surface area contributed by atoms with E-state index >= 15 is 0 Å². The first kappa shape index (κ1) is 14.6. The van der Waals surface area contributed by atoms with Crippen LogP contribution < -0.4 is 9.47 Å². The van der Waals surface area contributed by atoms with Gasteiger partial charge in [0.15, 0.2) is 17.3 Å². The maximum atomic E-state index is 12.3. The van der Waals surface area contributed by atoms with Gasteiger partial charge in [0.25, 0.3) is 0 Å². The van der Waals surface area contributed by atoms with Gasteiger partial charge in [-0.3, -0.25) is 9.69 Å². The van der Waals surface area contributed by atoms with Crippen molar-refractivity contribution in [2.24, 2.45) is 0 Å². The summed E-state index contributed by atoms with van der Waals surface area (Å²) in [5, 5.41) is 2.04. The molecule has 1 aromatic carbocycles. The van der Waals surface area contributed by atoms with Crippen LogP contribution in [0.3, 0.4) is 0 Å². The Hall–Kier alpha value is -1.37. The Morgan fingerprint density at radius 3 is 2.90 bits per heavy atom. The number of thiophene rings is 1. The van der Waals surface area contributed by atoms with E-state index in [4.69, 9.17) is 9.47 Å². The predicted octanol–water partition coefficient (Wildman–Crippen LogP) is 3.55. The van der Waals surface area contributed by atoms with E-state index in [0.717, 1.165) is 11.0 Å². The lowest BCUT2D eigenvalue weighted by Crippen LogP contribution is -2.25. The van der Waals surface area contributed by atoms with Crippen molar-refractivity contribution in [3.63, 3.8) is 0 Å². The van der Waals surface area contributed by atoms with Gasteiger partial charge in [-0.1, -0.05) is 0 Å². The fourth-order valence-electron chi connectivity index (χ4n) is 2.17. The molecule has 0 amide bonds. The Kier molecular flexibility index (Phi) is 4.28. The molecule has 1 aliphatic rings. The summed E-state index contributed by atoms with van der Waals surface area (Å²) in [5.74, 6) is 1.42. The average Bonchev–Trinajstić information content (AvgIpc) is 3.06. The molecule has 0 unspecified atom stereocenters. The molecular formula is C15H14BrNO3S. The van der Waals surface area contributed by atoms with Crippen LogP contribution in [0.1, 0.15) is 15.2 Å². The van der Waals surface area contributed by atoms with E-state index in [1.807, 2.05) is 17.3 Å². The van der Waals surface area contributed by atoms with Crippen molar-refractivity contribution in [2.45, 2.75) is 6.54 Å². The number of nitrogens with zero attached hydrogens (tertiary/aromatic N) is 1. The Morgan fingerprint density at radius 1 is 1.33 bits per heavy atom. The molecule has 0 saturated heterocycles. The van der Waals surface area contributed by atoms with Crippen molar-refractivity contribution in [2.75, 3.05) is 20.4 Å². The molecule has 3 rings (SSSR count). The molecule has 0 spiro atoms. The van der Waals surface area contributed by atoms with Gasteiger partial charge in [0, 0.05) is 26.8 Å². The summed E-state index contributed by atoms with van der Waals surface area (Å²) < 4.78 is 11.6. The molecule has 0 fully saturated rings. The number of Topliss-reactive ketones (excluding diaryl/α,β-unsaturated/α-hetero) is 1. The molecule has 2 aromatic rings. The van der Waals surface area contributed by atoms with E-state index in [0.29, 0.717) is 23.6 Å². The van der Waals surface area contributed by atoms with E-state index in [9.17, 15) is 4.79 Å². The van der Waals surface area contributed by atoms with Crippen molar-refractivity contribution in [1.29, 1.82) is 0 Å². The monoisotopic (exact) mass is 367 g/mol. The van der Waals surface area contributed by atoms with E-state index in [2.05, 4.69) is 22.0 Å². The highest BCUT2D eigenvalue weighted by atomic mass is 79.9. The zero-order chi connectivity index (χ0) is 14.8. The first-order chi connectivity index (χ1) is 10.1. The lowest BCUT2D eigenvalue weighted by Gasteiger charge is -2.14. The number of rotatable bonds is 5. The minimum Gasteiger partial charge on any atom is -0.454 e. The molecule has 0 atom stereocenters. The van der Waals surface area contributed by atoms with Crippen molar-refractivity contribution in [1.82, 2.24) is 4.90 Å². The zero-order valence-electron chi connectivity index (χ0n) is 11.5. The normalized spacial score (nSPS) is 12.9. The smallest absolute Gasteiger partial charge is 0.231 e. The van der Waals surface area contributed by atoms with Crippen molar-refractivity contribution < 1.29 is 14.3 Å². The lowest BCUT2D eigenvalue weighted by molar-refractivity contribution is 0.0943. The Labute approximate surface area is 135 Å². The number of ether oxygens (including phenoxy) is 2. The molecule has 0 N–H and O–H groups in total. The zero-order valence-corrected chi connectivity index (χ0v) is 13.9. The van der Waals surface area contributed by atoms with Crippen LogP contribution in [-0.4, -0.2) is 31.1 Å². The molecule has 1 aliphatic heterocycles. The number of ketones is 1. The van der Waals surface area contributed by atoms with Gasteiger partial charge in [-0.05, 0) is 47.2 Å². The molecule has 1 aromatic heterocycles. The summed E-state index contributed by atoms with van der Waals surface area (Å²) in [7, 11) is 1.94. The summed E-state index contributed by atoms with van der Waals surface area (Å²) in [6, 6.07) is 7.39. The first-order valence-corrected chi connectivity index (χ1v) is 8.13. The minimum absolute atomic E-state index is 0.0754. The van der Waals surface area contributed by atoms with Crippen LogP contribution in [0.4, 0.5) is 0 Å². The third kappa shape index (κ3) is 3.45. The number of fused-ring (bicyclic) bond motifs is 1. The van der Waals surface area contributed by atoms with E-state index in [1.165, 1.54) is 4.88 Å². The van der Waals surface area contributed by atoms with E-state index in [-0.39, 0.29) is 12.6 Å². The predicted molar refractivity (Wildman–Crippen MR) is 85.2 cm³/mol. The summed E-state index contributed by atoms with van der Waals surface area (Å²) in [5.41, 5.74) is 0.651. The Morgan fingerprint density at radius 2 is 2.14 bits per heavy atom. The minimum atomic E-state index is 0.0754. The lowest BCUT2D eigenvalue weighted by atomic mass is 10.1. The highest BCUT2D eigenvalue weighted by molar-refractivity contribution is 9.10. The largest absolute Gasteiger partial charge is 0.454 e. The summed E-state index contributed by atoms with van der Waals surface area (Å²) in [4.78, 5) is 15.5. The number of hydrogen-bond donors (Lipinski definition) is 0. The second-order valence-electron chi connectivity index (χ2n) is 4.89. The van der Waals surface area contributed by atoms with Gasteiger partial charge < -0.3 is 9.47 Å². The molecule has 0 saturated carbocycles. The number of hydrogen-bond acceptors (Lipinski definition) is 5. The van der Waals surface area contributed by atoms with Crippen LogP contribution in [0.15, 0.2) is 34.1 Å². The van der Waals surface area contributed by atoms with Crippen molar-refractivity contribution >= 4 is 33.0 Å². The van der Waals surface area contributed by atoms with Crippen LogP contribution in [0.25, 0.3) is 0 Å². The van der Waals surface area contributed by atoms with Gasteiger partial charge in [-0.25, -0.2) is 0 Å². The van der Waals surface area contributed by atoms with Gasteiger partial charge in [-0.2, -0.15) is 0 Å². The second-order valence-corrected chi connectivity index (χ2v) is 6.81. The summed E-state index contributed by atoms with van der Waals surface area (Å²) in [6.45, 7) is 1.35. The Balaban J connectivity index is 1.63. The average molecular weight is 368 g/mol. The molecule has 4 nitrogen and oxygen atoms in total. The quantitative estimate of drug-likeness (QED) is 0.757. The van der Waals surface area contributed by atoms with Crippen LogP contribution in [-0.2, 0) is 6.54 Å². The molecule has 2 heterocycles. The maximum Gasteiger partial charge on any atom is 0.231 e. The first-order valence-electron chi connectivity index (χ1n) is 6.46. The van der Waals surface area contributed by atoms with Crippen molar-refractivity contribution in [3.8, 4) is 11.5 Å². The number of benzene rings is 1. The third-order valence-electron chi connectivity index (χ3n) is 3.16. The number of halogens is 1. The molecule has 0 aliphatic carbocycles. The van der Waals surface area contributed by atoms with Crippen LogP contribution in [0.2, 0.25) is 0 Å². The molecule has 6 heteroatoms. The highest BCUT2D eigenvalue weighted by Gasteiger charge is 2.17. The van der Waals surface area contributed by atoms with Gasteiger partial charge in [0.05, 0.1) is 6.54 Å². The number of likely N-dealkylation sites (N-methyl/N-ethyl adjacent to an activating group) is 1. The maximum absolute atomic E-state index is 12.3. The van der Waals surface area contributed by atoms with Crippen LogP contribution >= 0.6 is 27.3 Å². The number of carbonyl (C=O) groups is 1. The summed E-state index contributed by atoms with van der Waals surface area (Å²) >= 11 is 5.12. The van der Waals surface area contributed by atoms with Gasteiger partial charge in [0.1, 0.15) is 0 Å². The molecule has 0 radical (unpaired) electrons. The molecule has 110 valence electrons. The van der Waals surface area contributed by atoms with Crippen LogP contribution in [0.5, 0.6) is 11.5 Å². The van der Waals surface area contributed by atoms with E-state index in [1.54, 1.807) is 29.5 Å².